The molecule has 124 valence electrons. The summed E-state index contributed by atoms with van der Waals surface area (Å²) in [5, 5.41) is 0. The average Bonchev–Trinajstić information content (AvgIpc) is 2.92. The molecule has 0 aromatic heterocycles. The summed E-state index contributed by atoms with van der Waals surface area (Å²) >= 11 is 0. The van der Waals surface area contributed by atoms with Gasteiger partial charge in [0.25, 0.3) is 5.60 Å². The van der Waals surface area contributed by atoms with Crippen LogP contribution in [0.1, 0.15) is 33.3 Å². The summed E-state index contributed by atoms with van der Waals surface area (Å²) in [5.41, 5.74) is -1.86. The third kappa shape index (κ3) is 3.36. The van der Waals surface area contributed by atoms with Crippen molar-refractivity contribution < 1.29 is 23.8 Å². The quantitative estimate of drug-likeness (QED) is 0.796. The Bertz CT molecular complexity index is 605. The molecule has 0 amide bonds. The lowest BCUT2D eigenvalue weighted by Gasteiger charge is -2.31. The van der Waals surface area contributed by atoms with E-state index in [-0.39, 0.29) is 6.61 Å². The van der Waals surface area contributed by atoms with Crippen LogP contribution in [0, 0.1) is 0 Å². The molecule has 0 saturated heterocycles. The first-order valence-corrected chi connectivity index (χ1v) is 7.46. The van der Waals surface area contributed by atoms with Crippen molar-refractivity contribution in [3.8, 4) is 0 Å². The molecule has 0 spiro atoms. The molecule has 1 heterocycles. The lowest BCUT2D eigenvalue weighted by Crippen LogP contribution is -2.51. The van der Waals surface area contributed by atoms with Gasteiger partial charge >= 0.3 is 11.9 Å². The van der Waals surface area contributed by atoms with Crippen LogP contribution in [0.5, 0.6) is 0 Å². The first kappa shape index (κ1) is 17.0. The summed E-state index contributed by atoms with van der Waals surface area (Å²) in [7, 11) is 0. The van der Waals surface area contributed by atoms with E-state index in [1.807, 2.05) is 0 Å². The van der Waals surface area contributed by atoms with Crippen molar-refractivity contribution in [2.24, 2.45) is 4.99 Å². The maximum Gasteiger partial charge on any atom is 0.358 e. The Morgan fingerprint density at radius 3 is 2.48 bits per heavy atom. The van der Waals surface area contributed by atoms with E-state index >= 15 is 0 Å². The van der Waals surface area contributed by atoms with E-state index in [9.17, 15) is 9.59 Å². The first-order valence-electron chi connectivity index (χ1n) is 7.46. The van der Waals surface area contributed by atoms with Crippen molar-refractivity contribution in [1.29, 1.82) is 0 Å². The molecule has 0 unspecified atom stereocenters. The fraction of sp³-hybridized carbons (Fsp3) is 0.471. The highest BCUT2D eigenvalue weighted by molar-refractivity contribution is 5.94. The number of aliphatic imine (C=N–C) groups is 1. The van der Waals surface area contributed by atoms with Gasteiger partial charge in [-0.05, 0) is 27.7 Å². The van der Waals surface area contributed by atoms with Gasteiger partial charge in [0, 0.05) is 5.56 Å². The Balaban J connectivity index is 2.45. The molecule has 0 aliphatic carbocycles. The van der Waals surface area contributed by atoms with Crippen LogP contribution in [0.2, 0.25) is 0 Å². The summed E-state index contributed by atoms with van der Waals surface area (Å²) in [5.74, 6) is -1.30. The van der Waals surface area contributed by atoms with Crippen molar-refractivity contribution in [1.82, 2.24) is 0 Å². The van der Waals surface area contributed by atoms with Crippen LogP contribution < -0.4 is 0 Å². The molecule has 0 N–H and O–H groups in total. The van der Waals surface area contributed by atoms with E-state index in [1.54, 1.807) is 58.0 Å². The predicted octanol–water partition coefficient (Wildman–Crippen LogP) is 2.21. The predicted molar refractivity (Wildman–Crippen MR) is 84.0 cm³/mol. The van der Waals surface area contributed by atoms with Gasteiger partial charge in [-0.2, -0.15) is 0 Å². The van der Waals surface area contributed by atoms with Gasteiger partial charge in [0.2, 0.25) is 6.04 Å². The van der Waals surface area contributed by atoms with E-state index in [2.05, 4.69) is 4.99 Å². The van der Waals surface area contributed by atoms with Crippen molar-refractivity contribution >= 4 is 18.3 Å². The lowest BCUT2D eigenvalue weighted by molar-refractivity contribution is -0.175. The van der Waals surface area contributed by atoms with Gasteiger partial charge in [-0.15, -0.1) is 0 Å². The van der Waals surface area contributed by atoms with Crippen molar-refractivity contribution in [2.45, 2.75) is 44.9 Å². The molecule has 1 aromatic rings. The minimum Gasteiger partial charge on any atom is -0.463 e. The molecule has 23 heavy (non-hydrogen) atoms. The molecular formula is C17H21NO5. The smallest absolute Gasteiger partial charge is 0.358 e. The number of rotatable bonds is 4. The Kier molecular flexibility index (Phi) is 4.73. The minimum atomic E-state index is -1.65. The van der Waals surface area contributed by atoms with Gasteiger partial charge in [0.05, 0.1) is 6.61 Å². The normalized spacial score (nSPS) is 23.2. The fourth-order valence-electron chi connectivity index (χ4n) is 2.36. The number of nitrogens with zero attached hydrogens (tertiary/aromatic N) is 1. The second kappa shape index (κ2) is 6.40. The van der Waals surface area contributed by atoms with Crippen LogP contribution in [-0.4, -0.2) is 36.6 Å². The molecule has 2 atom stereocenters. The summed E-state index contributed by atoms with van der Waals surface area (Å²) in [6.07, 6.45) is 1.11. The van der Waals surface area contributed by atoms with Gasteiger partial charge in [-0.3, -0.25) is 0 Å². The highest BCUT2D eigenvalue weighted by Gasteiger charge is 2.58. The summed E-state index contributed by atoms with van der Waals surface area (Å²) < 4.78 is 16.1. The van der Waals surface area contributed by atoms with Gasteiger partial charge in [0.1, 0.15) is 5.60 Å². The summed E-state index contributed by atoms with van der Waals surface area (Å²) in [4.78, 5) is 29.2. The van der Waals surface area contributed by atoms with Crippen LogP contribution >= 0.6 is 0 Å². The molecule has 1 aliphatic rings. The Labute approximate surface area is 135 Å². The standard InChI is InChI=1S/C17H21NO5/c1-5-21-15(20)17(12-9-7-6-8-10-12)13(18-11-22-17)14(19)23-16(2,3)4/h6-11,13H,5H2,1-4H3/t13-,17-/m0/s1. The van der Waals surface area contributed by atoms with Crippen molar-refractivity contribution in [3.63, 3.8) is 0 Å². The Hall–Kier alpha value is -2.37. The third-order valence-corrected chi connectivity index (χ3v) is 3.24. The molecule has 0 bridgehead atoms. The summed E-state index contributed by atoms with van der Waals surface area (Å²) in [6, 6.07) is 7.56. The maximum atomic E-state index is 12.6. The van der Waals surface area contributed by atoms with E-state index in [0.29, 0.717) is 5.56 Å². The topological polar surface area (TPSA) is 74.2 Å². The van der Waals surface area contributed by atoms with Crippen LogP contribution in [0.4, 0.5) is 0 Å². The minimum absolute atomic E-state index is 0.164. The van der Waals surface area contributed by atoms with E-state index in [0.717, 1.165) is 6.40 Å². The number of hydrogen-bond donors (Lipinski definition) is 0. The molecule has 0 fully saturated rings. The highest BCUT2D eigenvalue weighted by Crippen LogP contribution is 2.37. The average molecular weight is 319 g/mol. The van der Waals surface area contributed by atoms with Crippen LogP contribution in [0.15, 0.2) is 35.3 Å². The number of carbonyl (C=O) groups excluding carboxylic acids is 2. The van der Waals surface area contributed by atoms with Crippen LogP contribution in [0.3, 0.4) is 0 Å². The Morgan fingerprint density at radius 2 is 1.91 bits per heavy atom. The number of esters is 2. The van der Waals surface area contributed by atoms with Crippen molar-refractivity contribution in [3.05, 3.63) is 35.9 Å². The van der Waals surface area contributed by atoms with Crippen LogP contribution in [0.25, 0.3) is 0 Å². The number of hydrogen-bond acceptors (Lipinski definition) is 6. The maximum absolute atomic E-state index is 12.6. The number of carbonyl (C=O) groups is 2. The van der Waals surface area contributed by atoms with Gasteiger partial charge in [0.15, 0.2) is 6.40 Å². The molecule has 2 rings (SSSR count). The third-order valence-electron chi connectivity index (χ3n) is 3.24. The molecule has 6 nitrogen and oxygen atoms in total. The zero-order valence-electron chi connectivity index (χ0n) is 13.7. The van der Waals surface area contributed by atoms with Gasteiger partial charge in [-0.25, -0.2) is 14.6 Å². The van der Waals surface area contributed by atoms with E-state index < -0.39 is 29.2 Å². The monoisotopic (exact) mass is 319 g/mol. The molecule has 1 aromatic carbocycles. The highest BCUT2D eigenvalue weighted by atomic mass is 16.6. The largest absolute Gasteiger partial charge is 0.463 e. The van der Waals surface area contributed by atoms with Crippen molar-refractivity contribution in [2.75, 3.05) is 6.61 Å². The fourth-order valence-corrected chi connectivity index (χ4v) is 2.36. The zero-order valence-corrected chi connectivity index (χ0v) is 13.7. The molecular weight excluding hydrogens is 298 g/mol. The second-order valence-electron chi connectivity index (χ2n) is 6.13. The summed E-state index contributed by atoms with van der Waals surface area (Å²) in [6.45, 7) is 7.10. The van der Waals surface area contributed by atoms with Gasteiger partial charge in [-0.1, -0.05) is 30.3 Å². The number of benzene rings is 1. The first-order chi connectivity index (χ1) is 10.8. The SMILES string of the molecule is CCOC(=O)[C@@]1(c2ccccc2)OC=N[C@H]1C(=O)OC(C)(C)C. The van der Waals surface area contributed by atoms with Crippen LogP contribution in [-0.2, 0) is 29.4 Å². The molecule has 1 aliphatic heterocycles. The molecule has 6 heteroatoms. The van der Waals surface area contributed by atoms with E-state index in [1.165, 1.54) is 0 Å². The van der Waals surface area contributed by atoms with Gasteiger partial charge < -0.3 is 14.2 Å². The Morgan fingerprint density at radius 1 is 1.26 bits per heavy atom. The zero-order chi connectivity index (χ0) is 17.1. The van der Waals surface area contributed by atoms with E-state index in [4.69, 9.17) is 14.2 Å². The molecule has 0 radical (unpaired) electrons. The second-order valence-corrected chi connectivity index (χ2v) is 6.13. The molecule has 0 saturated carbocycles. The number of ether oxygens (including phenoxy) is 3. The lowest BCUT2D eigenvalue weighted by atomic mass is 9.86.